The van der Waals surface area contributed by atoms with Gasteiger partial charge in [0.15, 0.2) is 0 Å². The molecule has 0 aliphatic heterocycles. The summed E-state index contributed by atoms with van der Waals surface area (Å²) >= 11 is 1.30. The standard InChI is InChI=1S/C12H12N2O3S/c1-8(7-15)18-12-9-4-2-3-5-10(9)13-6-11(12)14(16)17/h2-6,8,15H,7H2,1H3. The average Bonchev–Trinajstić information content (AvgIpc) is 2.38. The summed E-state index contributed by atoms with van der Waals surface area (Å²) in [5.41, 5.74) is 0.703. The van der Waals surface area contributed by atoms with Gasteiger partial charge in [0.05, 0.1) is 21.9 Å². The van der Waals surface area contributed by atoms with E-state index in [1.165, 1.54) is 18.0 Å². The summed E-state index contributed by atoms with van der Waals surface area (Å²) in [4.78, 5) is 15.2. The van der Waals surface area contributed by atoms with Crippen LogP contribution in [0.15, 0.2) is 35.4 Å². The summed E-state index contributed by atoms with van der Waals surface area (Å²) in [6.45, 7) is 1.79. The highest BCUT2D eigenvalue weighted by Crippen LogP contribution is 2.36. The fourth-order valence-corrected chi connectivity index (χ4v) is 2.62. The van der Waals surface area contributed by atoms with E-state index in [1.807, 2.05) is 31.2 Å². The first-order chi connectivity index (χ1) is 8.63. The molecule has 0 saturated heterocycles. The molecule has 6 heteroatoms. The molecule has 1 aromatic heterocycles. The number of fused-ring (bicyclic) bond motifs is 1. The van der Waals surface area contributed by atoms with Crippen molar-refractivity contribution < 1.29 is 10.0 Å². The molecule has 0 fully saturated rings. The van der Waals surface area contributed by atoms with E-state index in [9.17, 15) is 10.1 Å². The Hall–Kier alpha value is -1.66. The Kier molecular flexibility index (Phi) is 3.78. The second-order valence-corrected chi connectivity index (χ2v) is 5.31. The Morgan fingerprint density at radius 2 is 2.22 bits per heavy atom. The minimum Gasteiger partial charge on any atom is -0.395 e. The number of nitrogens with zero attached hydrogens (tertiary/aromatic N) is 2. The van der Waals surface area contributed by atoms with Gasteiger partial charge in [-0.3, -0.25) is 10.1 Å². The number of benzene rings is 1. The minimum absolute atomic E-state index is 0.0148. The van der Waals surface area contributed by atoms with Gasteiger partial charge < -0.3 is 5.11 Å². The van der Waals surface area contributed by atoms with Crippen LogP contribution in [0.25, 0.3) is 10.9 Å². The summed E-state index contributed by atoms with van der Waals surface area (Å²) in [7, 11) is 0. The summed E-state index contributed by atoms with van der Waals surface area (Å²) < 4.78 is 0. The molecule has 1 aromatic carbocycles. The van der Waals surface area contributed by atoms with Crippen molar-refractivity contribution in [3.8, 4) is 0 Å². The van der Waals surface area contributed by atoms with Gasteiger partial charge >= 0.3 is 5.69 Å². The highest BCUT2D eigenvalue weighted by molar-refractivity contribution is 8.00. The van der Waals surface area contributed by atoms with E-state index in [0.29, 0.717) is 4.90 Å². The van der Waals surface area contributed by atoms with Crippen molar-refractivity contribution in [1.82, 2.24) is 4.98 Å². The molecular weight excluding hydrogens is 252 g/mol. The molecule has 0 spiro atoms. The fourth-order valence-electron chi connectivity index (χ4n) is 1.60. The van der Waals surface area contributed by atoms with Gasteiger partial charge in [-0.25, -0.2) is 4.98 Å². The Labute approximate surface area is 108 Å². The first kappa shape index (κ1) is 12.8. The van der Waals surface area contributed by atoms with E-state index >= 15 is 0 Å². The first-order valence-corrected chi connectivity index (χ1v) is 6.31. The lowest BCUT2D eigenvalue weighted by molar-refractivity contribution is -0.387. The summed E-state index contributed by atoms with van der Waals surface area (Å²) in [5, 5.41) is 20.8. The van der Waals surface area contributed by atoms with Crippen LogP contribution in [0.4, 0.5) is 5.69 Å². The zero-order chi connectivity index (χ0) is 13.1. The molecule has 0 saturated carbocycles. The normalized spacial score (nSPS) is 12.6. The Bertz CT molecular complexity index is 589. The van der Waals surface area contributed by atoms with Gasteiger partial charge in [0, 0.05) is 10.6 Å². The van der Waals surface area contributed by atoms with Gasteiger partial charge in [0.2, 0.25) is 0 Å². The number of para-hydroxylation sites is 1. The number of aliphatic hydroxyl groups is 1. The van der Waals surface area contributed by atoms with Crippen LogP contribution in [0.3, 0.4) is 0 Å². The van der Waals surface area contributed by atoms with Crippen LogP contribution in [-0.2, 0) is 0 Å². The van der Waals surface area contributed by atoms with Crippen LogP contribution in [0.1, 0.15) is 6.92 Å². The third-order valence-electron chi connectivity index (χ3n) is 2.48. The number of aromatic nitrogens is 1. The maximum atomic E-state index is 11.0. The molecule has 0 bridgehead atoms. The molecular formula is C12H12N2O3S. The molecule has 0 aliphatic carbocycles. The number of pyridine rings is 1. The molecule has 1 unspecified atom stereocenters. The van der Waals surface area contributed by atoms with Crippen molar-refractivity contribution in [2.45, 2.75) is 17.1 Å². The summed E-state index contributed by atoms with van der Waals surface area (Å²) in [6.07, 6.45) is 1.27. The van der Waals surface area contributed by atoms with Gasteiger partial charge in [0.1, 0.15) is 6.20 Å². The van der Waals surface area contributed by atoms with Crippen molar-refractivity contribution in [3.63, 3.8) is 0 Å². The number of rotatable bonds is 4. The van der Waals surface area contributed by atoms with Crippen molar-refractivity contribution in [1.29, 1.82) is 0 Å². The van der Waals surface area contributed by atoms with Crippen LogP contribution < -0.4 is 0 Å². The SMILES string of the molecule is CC(CO)Sc1c([N+](=O)[O-])cnc2ccccc12. The van der Waals surface area contributed by atoms with Crippen LogP contribution in [0, 0.1) is 10.1 Å². The molecule has 2 rings (SSSR count). The van der Waals surface area contributed by atoms with Crippen LogP contribution in [0.2, 0.25) is 0 Å². The van der Waals surface area contributed by atoms with Crippen LogP contribution in [-0.4, -0.2) is 26.9 Å². The van der Waals surface area contributed by atoms with Gasteiger partial charge in [0.25, 0.3) is 0 Å². The van der Waals surface area contributed by atoms with Crippen molar-refractivity contribution in [3.05, 3.63) is 40.6 Å². The third kappa shape index (κ3) is 2.44. The number of thioether (sulfide) groups is 1. The molecule has 0 aliphatic rings. The van der Waals surface area contributed by atoms with Gasteiger partial charge in [-0.2, -0.15) is 0 Å². The lowest BCUT2D eigenvalue weighted by Gasteiger charge is -2.10. The fraction of sp³-hybridized carbons (Fsp3) is 0.250. The Morgan fingerprint density at radius 3 is 2.89 bits per heavy atom. The van der Waals surface area contributed by atoms with Crippen molar-refractivity contribution in [2.75, 3.05) is 6.61 Å². The van der Waals surface area contributed by atoms with Crippen LogP contribution in [0.5, 0.6) is 0 Å². The molecule has 0 amide bonds. The van der Waals surface area contributed by atoms with Gasteiger partial charge in [-0.05, 0) is 6.07 Å². The number of hydrogen-bond acceptors (Lipinski definition) is 5. The molecule has 18 heavy (non-hydrogen) atoms. The smallest absolute Gasteiger partial charge is 0.301 e. The zero-order valence-electron chi connectivity index (χ0n) is 9.74. The average molecular weight is 264 g/mol. The van der Waals surface area contributed by atoms with E-state index < -0.39 is 4.92 Å². The molecule has 0 radical (unpaired) electrons. The van der Waals surface area contributed by atoms with E-state index in [4.69, 9.17) is 5.11 Å². The summed E-state index contributed by atoms with van der Waals surface area (Å²) in [5.74, 6) is 0. The molecule has 1 heterocycles. The molecule has 2 aromatic rings. The van der Waals surface area contributed by atoms with E-state index in [0.717, 1.165) is 10.9 Å². The first-order valence-electron chi connectivity index (χ1n) is 5.43. The van der Waals surface area contributed by atoms with Crippen molar-refractivity contribution in [2.24, 2.45) is 0 Å². The molecule has 94 valence electrons. The van der Waals surface area contributed by atoms with E-state index in [2.05, 4.69) is 4.98 Å². The quantitative estimate of drug-likeness (QED) is 0.522. The van der Waals surface area contributed by atoms with Gasteiger partial charge in [-0.1, -0.05) is 25.1 Å². The number of aliphatic hydroxyl groups excluding tert-OH is 1. The second-order valence-electron chi connectivity index (χ2n) is 3.86. The van der Waals surface area contributed by atoms with E-state index in [1.54, 1.807) is 0 Å². The predicted octanol–water partition coefficient (Wildman–Crippen LogP) is 2.62. The molecule has 1 N–H and O–H groups in total. The Morgan fingerprint density at radius 1 is 1.50 bits per heavy atom. The maximum absolute atomic E-state index is 11.0. The topological polar surface area (TPSA) is 76.3 Å². The maximum Gasteiger partial charge on any atom is 0.301 e. The third-order valence-corrected chi connectivity index (χ3v) is 3.70. The lowest BCUT2D eigenvalue weighted by atomic mass is 10.2. The van der Waals surface area contributed by atoms with Crippen molar-refractivity contribution >= 4 is 28.4 Å². The van der Waals surface area contributed by atoms with Gasteiger partial charge in [-0.15, -0.1) is 11.8 Å². The molecule has 1 atom stereocenters. The zero-order valence-corrected chi connectivity index (χ0v) is 10.6. The Balaban J connectivity index is 2.62. The minimum atomic E-state index is -0.439. The molecule has 5 nitrogen and oxygen atoms in total. The highest BCUT2D eigenvalue weighted by Gasteiger charge is 2.20. The van der Waals surface area contributed by atoms with Crippen LogP contribution >= 0.6 is 11.8 Å². The van der Waals surface area contributed by atoms with E-state index in [-0.39, 0.29) is 17.5 Å². The summed E-state index contributed by atoms with van der Waals surface area (Å²) in [6, 6.07) is 7.28. The largest absolute Gasteiger partial charge is 0.395 e. The second kappa shape index (κ2) is 5.32. The monoisotopic (exact) mass is 264 g/mol. The number of hydrogen-bond donors (Lipinski definition) is 1. The predicted molar refractivity (Wildman–Crippen MR) is 70.8 cm³/mol. The highest BCUT2D eigenvalue weighted by atomic mass is 32.2. The lowest BCUT2D eigenvalue weighted by Crippen LogP contribution is -2.03. The number of nitro groups is 1.